The van der Waals surface area contributed by atoms with Crippen LogP contribution in [0, 0.1) is 0 Å². The second-order valence-electron chi connectivity index (χ2n) is 4.75. The number of piperidine rings is 1. The number of carbonyl (C=O) groups excluding carboxylic acids is 1. The van der Waals surface area contributed by atoms with Gasteiger partial charge >= 0.3 is 0 Å². The molecule has 0 spiro atoms. The number of carbonyl (C=O) groups is 1. The van der Waals surface area contributed by atoms with Crippen LogP contribution in [0.1, 0.15) is 38.5 Å². The highest BCUT2D eigenvalue weighted by molar-refractivity contribution is 5.79. The van der Waals surface area contributed by atoms with Crippen LogP contribution in [0.4, 0.5) is 0 Å². The highest BCUT2D eigenvalue weighted by atomic mass is 16.3. The van der Waals surface area contributed by atoms with E-state index in [1.807, 2.05) is 0 Å². The molecule has 1 aliphatic carbocycles. The van der Waals surface area contributed by atoms with Gasteiger partial charge in [0.25, 0.3) is 0 Å². The summed E-state index contributed by atoms with van der Waals surface area (Å²) < 4.78 is 0. The van der Waals surface area contributed by atoms with E-state index in [-0.39, 0.29) is 0 Å². The maximum atomic E-state index is 11.0. The van der Waals surface area contributed by atoms with E-state index >= 15 is 0 Å². The molecule has 0 unspecified atom stereocenters. The van der Waals surface area contributed by atoms with Gasteiger partial charge in [-0.25, -0.2) is 0 Å². The van der Waals surface area contributed by atoms with Crippen molar-refractivity contribution in [3.05, 3.63) is 0 Å². The molecule has 0 atom stereocenters. The van der Waals surface area contributed by atoms with Gasteiger partial charge in [0.1, 0.15) is 5.78 Å². The highest BCUT2D eigenvalue weighted by Crippen LogP contribution is 2.30. The van der Waals surface area contributed by atoms with E-state index in [4.69, 9.17) is 0 Å². The van der Waals surface area contributed by atoms with Gasteiger partial charge < -0.3 is 5.11 Å². The number of likely N-dealkylation sites (tertiary alicyclic amines) is 1. The van der Waals surface area contributed by atoms with Gasteiger partial charge in [-0.05, 0) is 12.8 Å². The Kier molecular flexibility index (Phi) is 2.88. The molecule has 2 rings (SSSR count). The van der Waals surface area contributed by atoms with Crippen LogP contribution < -0.4 is 0 Å². The Hall–Kier alpha value is -0.410. The molecule has 80 valence electrons. The van der Waals surface area contributed by atoms with Gasteiger partial charge in [0, 0.05) is 32.5 Å². The molecule has 14 heavy (non-hydrogen) atoms. The predicted molar refractivity (Wildman–Crippen MR) is 54.1 cm³/mol. The van der Waals surface area contributed by atoms with Crippen molar-refractivity contribution in [3.8, 4) is 0 Å². The Morgan fingerprint density at radius 1 is 1.21 bits per heavy atom. The first-order chi connectivity index (χ1) is 6.68. The fourth-order valence-corrected chi connectivity index (χ4v) is 2.57. The molecule has 3 nitrogen and oxygen atoms in total. The smallest absolute Gasteiger partial charge is 0.135 e. The molecule has 0 aromatic carbocycles. The first-order valence-corrected chi connectivity index (χ1v) is 5.64. The van der Waals surface area contributed by atoms with Crippen molar-refractivity contribution in [2.75, 3.05) is 19.6 Å². The van der Waals surface area contributed by atoms with Gasteiger partial charge in [0.15, 0.2) is 0 Å². The molecule has 1 N–H and O–H groups in total. The van der Waals surface area contributed by atoms with Crippen LogP contribution in [0.2, 0.25) is 0 Å². The van der Waals surface area contributed by atoms with Crippen molar-refractivity contribution in [2.45, 2.75) is 44.1 Å². The van der Waals surface area contributed by atoms with Gasteiger partial charge in [-0.2, -0.15) is 0 Å². The van der Waals surface area contributed by atoms with E-state index in [0.29, 0.717) is 18.6 Å². The first kappa shape index (κ1) is 10.1. The number of Topliss-reactive ketones (excluding diaryl/α,β-unsaturated/α-hetero) is 1. The summed E-state index contributed by atoms with van der Waals surface area (Å²) >= 11 is 0. The van der Waals surface area contributed by atoms with Crippen molar-refractivity contribution < 1.29 is 9.90 Å². The minimum atomic E-state index is -0.444. The Bertz CT molecular complexity index is 211. The monoisotopic (exact) mass is 197 g/mol. The third kappa shape index (κ3) is 2.34. The molecule has 0 aromatic heterocycles. The Labute approximate surface area is 85.1 Å². The molecule has 0 bridgehead atoms. The summed E-state index contributed by atoms with van der Waals surface area (Å²) in [6.45, 7) is 2.47. The molecular formula is C11H19NO2. The molecule has 1 heterocycles. The molecule has 0 radical (unpaired) electrons. The van der Waals surface area contributed by atoms with Crippen LogP contribution in [-0.4, -0.2) is 41.0 Å². The van der Waals surface area contributed by atoms with Crippen LogP contribution in [0.25, 0.3) is 0 Å². The zero-order valence-electron chi connectivity index (χ0n) is 8.67. The van der Waals surface area contributed by atoms with Crippen molar-refractivity contribution in [1.82, 2.24) is 4.90 Å². The zero-order chi connectivity index (χ0) is 10.0. The average molecular weight is 197 g/mol. The van der Waals surface area contributed by atoms with Gasteiger partial charge in [0.2, 0.25) is 0 Å². The summed E-state index contributed by atoms with van der Waals surface area (Å²) in [5, 5.41) is 10.2. The van der Waals surface area contributed by atoms with Crippen LogP contribution in [0.15, 0.2) is 0 Å². The zero-order valence-corrected chi connectivity index (χ0v) is 8.67. The fourth-order valence-electron chi connectivity index (χ4n) is 2.57. The summed E-state index contributed by atoms with van der Waals surface area (Å²) in [5.41, 5.74) is -0.444. The number of hydrogen-bond donors (Lipinski definition) is 1. The van der Waals surface area contributed by atoms with E-state index < -0.39 is 5.60 Å². The number of aliphatic hydroxyl groups is 1. The molecule has 1 saturated heterocycles. The number of β-amino-alcohol motifs (C(OH)–C–C–N with tert-alkyl or cyclic N) is 1. The minimum absolute atomic E-state index is 0.375. The van der Waals surface area contributed by atoms with Crippen LogP contribution >= 0.6 is 0 Å². The summed E-state index contributed by atoms with van der Waals surface area (Å²) in [4.78, 5) is 13.3. The Morgan fingerprint density at radius 2 is 1.79 bits per heavy atom. The lowest BCUT2D eigenvalue weighted by Gasteiger charge is -2.33. The third-order valence-electron chi connectivity index (χ3n) is 3.47. The van der Waals surface area contributed by atoms with Gasteiger partial charge in [0.05, 0.1) is 5.60 Å². The molecular weight excluding hydrogens is 178 g/mol. The number of nitrogens with zero attached hydrogens (tertiary/aromatic N) is 1. The summed E-state index contributed by atoms with van der Waals surface area (Å²) in [6.07, 6.45) is 5.55. The predicted octanol–water partition coefficient (Wildman–Crippen LogP) is 0.956. The summed E-state index contributed by atoms with van der Waals surface area (Å²) in [7, 11) is 0. The Morgan fingerprint density at radius 3 is 2.36 bits per heavy atom. The number of ketones is 1. The van der Waals surface area contributed by atoms with E-state index in [0.717, 1.165) is 45.3 Å². The van der Waals surface area contributed by atoms with E-state index in [1.165, 1.54) is 0 Å². The molecule has 2 aliphatic rings. The standard InChI is InChI=1S/C11H19NO2/c13-10-3-7-12(8-4-10)9-11(14)5-1-2-6-11/h14H,1-9H2. The van der Waals surface area contributed by atoms with Gasteiger partial charge in [-0.1, -0.05) is 12.8 Å². The van der Waals surface area contributed by atoms with Crippen molar-refractivity contribution in [3.63, 3.8) is 0 Å². The maximum Gasteiger partial charge on any atom is 0.135 e. The van der Waals surface area contributed by atoms with Crippen LogP contribution in [0.5, 0.6) is 0 Å². The van der Waals surface area contributed by atoms with Crippen molar-refractivity contribution in [2.24, 2.45) is 0 Å². The number of hydrogen-bond acceptors (Lipinski definition) is 3. The van der Waals surface area contributed by atoms with E-state index in [9.17, 15) is 9.90 Å². The second kappa shape index (κ2) is 3.99. The fraction of sp³-hybridized carbons (Fsp3) is 0.909. The Balaban J connectivity index is 1.82. The topological polar surface area (TPSA) is 40.5 Å². The van der Waals surface area contributed by atoms with Crippen molar-refractivity contribution in [1.29, 1.82) is 0 Å². The minimum Gasteiger partial charge on any atom is -0.389 e. The van der Waals surface area contributed by atoms with Gasteiger partial charge in [-0.3, -0.25) is 9.69 Å². The largest absolute Gasteiger partial charge is 0.389 e. The van der Waals surface area contributed by atoms with Crippen LogP contribution in [-0.2, 0) is 4.79 Å². The van der Waals surface area contributed by atoms with Crippen LogP contribution in [0.3, 0.4) is 0 Å². The first-order valence-electron chi connectivity index (χ1n) is 5.64. The lowest BCUT2D eigenvalue weighted by atomic mass is 10.00. The molecule has 1 aliphatic heterocycles. The molecule has 3 heteroatoms. The highest BCUT2D eigenvalue weighted by Gasteiger charge is 2.33. The lowest BCUT2D eigenvalue weighted by molar-refractivity contribution is -0.122. The molecule has 2 fully saturated rings. The van der Waals surface area contributed by atoms with E-state index in [1.54, 1.807) is 0 Å². The quantitative estimate of drug-likeness (QED) is 0.716. The van der Waals surface area contributed by atoms with E-state index in [2.05, 4.69) is 4.90 Å². The molecule has 0 amide bonds. The molecule has 0 aromatic rings. The van der Waals surface area contributed by atoms with Crippen molar-refractivity contribution >= 4 is 5.78 Å². The summed E-state index contributed by atoms with van der Waals surface area (Å²) in [5.74, 6) is 0.375. The third-order valence-corrected chi connectivity index (χ3v) is 3.47. The lowest BCUT2D eigenvalue weighted by Crippen LogP contribution is -2.44. The average Bonchev–Trinajstić information content (AvgIpc) is 2.57. The molecule has 1 saturated carbocycles. The number of rotatable bonds is 2. The SMILES string of the molecule is O=C1CCN(CC2(O)CCCC2)CC1. The maximum absolute atomic E-state index is 11.0. The normalized spacial score (nSPS) is 28.2. The summed E-state index contributed by atoms with van der Waals surface area (Å²) in [6, 6.07) is 0. The second-order valence-corrected chi connectivity index (χ2v) is 4.75. The van der Waals surface area contributed by atoms with Gasteiger partial charge in [-0.15, -0.1) is 0 Å².